The van der Waals surface area contributed by atoms with Crippen LogP contribution in [0.5, 0.6) is 11.5 Å². The van der Waals surface area contributed by atoms with Crippen molar-refractivity contribution >= 4 is 17.7 Å². The molecule has 156 valence electrons. The summed E-state index contributed by atoms with van der Waals surface area (Å²) in [5.74, 6) is 0.668. The highest BCUT2D eigenvalue weighted by Gasteiger charge is 2.21. The topological polar surface area (TPSA) is 96.8 Å². The minimum atomic E-state index is -0.674. The number of hydrogen-bond donors (Lipinski definition) is 2. The van der Waals surface area contributed by atoms with Crippen LogP contribution < -0.4 is 15.2 Å². The molecular formula is C22H24N4O4. The fourth-order valence-electron chi connectivity index (χ4n) is 2.51. The lowest BCUT2D eigenvalue weighted by molar-refractivity contribution is 0.0527. The fraction of sp³-hybridized carbons (Fsp3) is 0.227. The Labute approximate surface area is 175 Å². The van der Waals surface area contributed by atoms with E-state index < -0.39 is 11.7 Å². The molecule has 1 aromatic heterocycles. The maximum Gasteiger partial charge on any atom is 0.427 e. The average molecular weight is 408 g/mol. The van der Waals surface area contributed by atoms with Crippen molar-refractivity contribution in [2.24, 2.45) is 0 Å². The number of nitrogens with zero attached hydrogens (tertiary/aromatic N) is 3. The number of carbonyl (C=O) groups excluding carboxylic acids is 1. The summed E-state index contributed by atoms with van der Waals surface area (Å²) in [4.78, 5) is 20.5. The molecule has 0 saturated heterocycles. The van der Waals surface area contributed by atoms with E-state index in [-0.39, 0.29) is 11.7 Å². The molecule has 0 aliphatic carbocycles. The zero-order valence-corrected chi connectivity index (χ0v) is 17.1. The summed E-state index contributed by atoms with van der Waals surface area (Å²) in [5, 5.41) is 10.9. The van der Waals surface area contributed by atoms with Crippen LogP contribution in [-0.2, 0) is 11.3 Å². The third-order valence-electron chi connectivity index (χ3n) is 3.75. The third kappa shape index (κ3) is 6.10. The Bertz CT molecular complexity index is 972. The highest BCUT2D eigenvalue weighted by Crippen LogP contribution is 2.26. The SMILES string of the molecule is CC(C)(C)OC(=O)NN(c1cccc(OCc2ccccc2)c1)c1ncc(O)cn1. The second-order valence-corrected chi connectivity index (χ2v) is 7.46. The van der Waals surface area contributed by atoms with Crippen LogP contribution in [-0.4, -0.2) is 26.8 Å². The number of hydrogen-bond acceptors (Lipinski definition) is 7. The smallest absolute Gasteiger partial charge is 0.427 e. The van der Waals surface area contributed by atoms with Gasteiger partial charge in [-0.2, -0.15) is 0 Å². The van der Waals surface area contributed by atoms with Crippen LogP contribution in [0.4, 0.5) is 16.4 Å². The van der Waals surface area contributed by atoms with Crippen molar-refractivity contribution in [3.63, 3.8) is 0 Å². The van der Waals surface area contributed by atoms with E-state index >= 15 is 0 Å². The molecule has 0 aliphatic rings. The van der Waals surface area contributed by atoms with Gasteiger partial charge in [0.1, 0.15) is 18.0 Å². The minimum Gasteiger partial charge on any atom is -0.505 e. The first-order valence-electron chi connectivity index (χ1n) is 9.38. The molecule has 2 aromatic carbocycles. The van der Waals surface area contributed by atoms with Crippen molar-refractivity contribution in [3.05, 3.63) is 72.6 Å². The second kappa shape index (κ2) is 9.13. The summed E-state index contributed by atoms with van der Waals surface area (Å²) >= 11 is 0. The normalized spacial score (nSPS) is 10.9. The van der Waals surface area contributed by atoms with Crippen LogP contribution in [0.3, 0.4) is 0 Å². The average Bonchev–Trinajstić information content (AvgIpc) is 2.71. The van der Waals surface area contributed by atoms with Crippen LogP contribution in [0.25, 0.3) is 0 Å². The van der Waals surface area contributed by atoms with E-state index in [1.807, 2.05) is 36.4 Å². The lowest BCUT2D eigenvalue weighted by Crippen LogP contribution is -2.43. The van der Waals surface area contributed by atoms with E-state index in [9.17, 15) is 9.90 Å². The lowest BCUT2D eigenvalue weighted by Gasteiger charge is -2.26. The Morgan fingerprint density at radius 3 is 2.43 bits per heavy atom. The van der Waals surface area contributed by atoms with Gasteiger partial charge in [-0.3, -0.25) is 0 Å². The Morgan fingerprint density at radius 2 is 1.77 bits per heavy atom. The van der Waals surface area contributed by atoms with Crippen molar-refractivity contribution in [1.82, 2.24) is 15.4 Å². The summed E-state index contributed by atoms with van der Waals surface area (Å²) in [6.07, 6.45) is 1.80. The number of benzene rings is 2. The van der Waals surface area contributed by atoms with Gasteiger partial charge < -0.3 is 14.6 Å². The van der Waals surface area contributed by atoms with Gasteiger partial charge in [0, 0.05) is 6.07 Å². The molecule has 1 amide bonds. The number of aromatic nitrogens is 2. The first kappa shape index (κ1) is 20.9. The van der Waals surface area contributed by atoms with Gasteiger partial charge >= 0.3 is 6.09 Å². The standard InChI is InChI=1S/C22H24N4O4/c1-22(2,3)30-21(28)25-26(20-23-13-18(27)14-24-20)17-10-7-11-19(12-17)29-15-16-8-5-4-6-9-16/h4-14,27H,15H2,1-3H3,(H,25,28). The summed E-state index contributed by atoms with van der Waals surface area (Å²) in [6.45, 7) is 5.71. The van der Waals surface area contributed by atoms with Gasteiger partial charge in [0.25, 0.3) is 0 Å². The number of aromatic hydroxyl groups is 1. The molecule has 0 spiro atoms. The summed E-state index contributed by atoms with van der Waals surface area (Å²) in [5.41, 5.74) is 3.55. The molecule has 0 atom stereocenters. The molecule has 30 heavy (non-hydrogen) atoms. The Hall–Kier alpha value is -3.81. The third-order valence-corrected chi connectivity index (χ3v) is 3.75. The van der Waals surface area contributed by atoms with E-state index in [4.69, 9.17) is 9.47 Å². The Kier molecular flexibility index (Phi) is 6.36. The van der Waals surface area contributed by atoms with Crippen molar-refractivity contribution < 1.29 is 19.4 Å². The first-order chi connectivity index (χ1) is 14.3. The predicted molar refractivity (Wildman–Crippen MR) is 112 cm³/mol. The van der Waals surface area contributed by atoms with Crippen LogP contribution in [0.2, 0.25) is 0 Å². The van der Waals surface area contributed by atoms with E-state index in [0.29, 0.717) is 18.0 Å². The molecule has 8 nitrogen and oxygen atoms in total. The van der Waals surface area contributed by atoms with Crippen molar-refractivity contribution in [3.8, 4) is 11.5 Å². The molecule has 0 aliphatic heterocycles. The van der Waals surface area contributed by atoms with Gasteiger partial charge in [0.2, 0.25) is 5.95 Å². The zero-order valence-electron chi connectivity index (χ0n) is 17.1. The highest BCUT2D eigenvalue weighted by atomic mass is 16.6. The molecule has 2 N–H and O–H groups in total. The van der Waals surface area contributed by atoms with E-state index in [1.54, 1.807) is 39.0 Å². The van der Waals surface area contributed by atoms with Crippen molar-refractivity contribution in [2.75, 3.05) is 5.01 Å². The summed E-state index contributed by atoms with van der Waals surface area (Å²) < 4.78 is 11.2. The molecule has 8 heteroatoms. The molecule has 0 radical (unpaired) electrons. The zero-order chi connectivity index (χ0) is 21.6. The van der Waals surface area contributed by atoms with Gasteiger partial charge in [-0.05, 0) is 38.5 Å². The number of nitrogens with one attached hydrogen (secondary N) is 1. The molecule has 0 bridgehead atoms. The first-order valence-corrected chi connectivity index (χ1v) is 9.38. The molecule has 0 unspecified atom stereocenters. The maximum absolute atomic E-state index is 12.4. The number of carbonyl (C=O) groups is 1. The van der Waals surface area contributed by atoms with E-state index in [0.717, 1.165) is 5.56 Å². The Balaban J connectivity index is 1.83. The largest absolute Gasteiger partial charge is 0.505 e. The number of ether oxygens (including phenoxy) is 2. The molecule has 1 heterocycles. The van der Waals surface area contributed by atoms with Gasteiger partial charge in [0.15, 0.2) is 5.75 Å². The lowest BCUT2D eigenvalue weighted by atomic mass is 10.2. The summed E-state index contributed by atoms with van der Waals surface area (Å²) in [6, 6.07) is 16.9. The molecule has 3 rings (SSSR count). The number of amides is 1. The summed E-state index contributed by atoms with van der Waals surface area (Å²) in [7, 11) is 0. The van der Waals surface area contributed by atoms with E-state index in [1.165, 1.54) is 17.4 Å². The van der Waals surface area contributed by atoms with Gasteiger partial charge in [0.05, 0.1) is 18.1 Å². The second-order valence-electron chi connectivity index (χ2n) is 7.46. The molecular weight excluding hydrogens is 384 g/mol. The van der Waals surface area contributed by atoms with Gasteiger partial charge in [-0.15, -0.1) is 0 Å². The highest BCUT2D eigenvalue weighted by molar-refractivity contribution is 5.73. The van der Waals surface area contributed by atoms with Gasteiger partial charge in [-0.1, -0.05) is 36.4 Å². The maximum atomic E-state index is 12.4. The van der Waals surface area contributed by atoms with E-state index in [2.05, 4.69) is 15.4 Å². The quantitative estimate of drug-likeness (QED) is 0.586. The van der Waals surface area contributed by atoms with Gasteiger partial charge in [-0.25, -0.2) is 25.2 Å². The minimum absolute atomic E-state index is 0.0871. The number of rotatable bonds is 6. The number of hydrazine groups is 1. The van der Waals surface area contributed by atoms with Crippen LogP contribution >= 0.6 is 0 Å². The van der Waals surface area contributed by atoms with Crippen LogP contribution in [0.1, 0.15) is 26.3 Å². The van der Waals surface area contributed by atoms with Crippen molar-refractivity contribution in [1.29, 1.82) is 0 Å². The van der Waals surface area contributed by atoms with Crippen LogP contribution in [0, 0.1) is 0 Å². The number of anilines is 2. The monoisotopic (exact) mass is 408 g/mol. The molecule has 0 fully saturated rings. The predicted octanol–water partition coefficient (Wildman–Crippen LogP) is 4.34. The molecule has 3 aromatic rings. The van der Waals surface area contributed by atoms with Crippen molar-refractivity contribution in [2.45, 2.75) is 33.0 Å². The molecule has 0 saturated carbocycles. The Morgan fingerprint density at radius 1 is 1.07 bits per heavy atom. The fourth-order valence-corrected chi connectivity index (χ4v) is 2.51. The van der Waals surface area contributed by atoms with Crippen LogP contribution in [0.15, 0.2) is 67.0 Å².